The van der Waals surface area contributed by atoms with E-state index in [-0.39, 0.29) is 31.1 Å². The average Bonchev–Trinajstić information content (AvgIpc) is 3.43. The SMILES string of the molecule is COc1ccccc1CNS(=O)(=O)NCC1(c2cccs2)CCN(S(=O)(=O)c2ccc(F)cc2)CC1. The van der Waals surface area contributed by atoms with E-state index in [0.29, 0.717) is 24.2 Å². The number of nitrogens with one attached hydrogen (secondary N) is 2. The van der Waals surface area contributed by atoms with Gasteiger partial charge >= 0.3 is 0 Å². The van der Waals surface area contributed by atoms with Crippen LogP contribution in [0.2, 0.25) is 0 Å². The van der Waals surface area contributed by atoms with Crippen LogP contribution in [0.15, 0.2) is 70.9 Å². The molecule has 0 aliphatic carbocycles. The summed E-state index contributed by atoms with van der Waals surface area (Å²) >= 11 is 1.52. The van der Waals surface area contributed by atoms with Crippen molar-refractivity contribution in [1.29, 1.82) is 0 Å². The zero-order valence-corrected chi connectivity index (χ0v) is 22.1. The van der Waals surface area contributed by atoms with E-state index in [2.05, 4.69) is 9.44 Å². The summed E-state index contributed by atoms with van der Waals surface area (Å²) < 4.78 is 76.9. The molecule has 1 saturated heterocycles. The van der Waals surface area contributed by atoms with Crippen molar-refractivity contribution in [3.8, 4) is 5.75 Å². The van der Waals surface area contributed by atoms with Gasteiger partial charge in [0.1, 0.15) is 11.6 Å². The summed E-state index contributed by atoms with van der Waals surface area (Å²) in [5, 5.41) is 1.92. The minimum atomic E-state index is -3.84. The van der Waals surface area contributed by atoms with E-state index in [1.54, 1.807) is 18.2 Å². The number of para-hydroxylation sites is 1. The lowest BCUT2D eigenvalue weighted by Crippen LogP contribution is -2.51. The summed E-state index contributed by atoms with van der Waals surface area (Å²) in [6, 6.07) is 15.8. The van der Waals surface area contributed by atoms with Crippen molar-refractivity contribution in [2.75, 3.05) is 26.7 Å². The first kappa shape index (κ1) is 26.7. The maximum atomic E-state index is 13.3. The van der Waals surface area contributed by atoms with Gasteiger partial charge in [0.15, 0.2) is 0 Å². The number of ether oxygens (including phenoxy) is 1. The van der Waals surface area contributed by atoms with Crippen LogP contribution in [0, 0.1) is 5.82 Å². The highest BCUT2D eigenvalue weighted by Crippen LogP contribution is 2.39. The Morgan fingerprint density at radius 3 is 2.31 bits per heavy atom. The molecule has 4 rings (SSSR count). The molecule has 2 heterocycles. The van der Waals surface area contributed by atoms with Gasteiger partial charge in [-0.1, -0.05) is 24.3 Å². The molecule has 3 aromatic rings. The van der Waals surface area contributed by atoms with E-state index < -0.39 is 31.5 Å². The number of nitrogens with zero attached hydrogens (tertiary/aromatic N) is 1. The van der Waals surface area contributed by atoms with Gasteiger partial charge in [-0.3, -0.25) is 0 Å². The Morgan fingerprint density at radius 1 is 0.972 bits per heavy atom. The summed E-state index contributed by atoms with van der Waals surface area (Å²) in [6.45, 7) is 0.621. The summed E-state index contributed by atoms with van der Waals surface area (Å²) in [6.07, 6.45) is 0.867. The molecule has 0 saturated carbocycles. The van der Waals surface area contributed by atoms with Gasteiger partial charge in [0, 0.05) is 42.0 Å². The maximum Gasteiger partial charge on any atom is 0.277 e. The molecule has 2 N–H and O–H groups in total. The Balaban J connectivity index is 1.45. The lowest BCUT2D eigenvalue weighted by atomic mass is 9.78. The molecule has 1 aliphatic rings. The Bertz CT molecular complexity index is 1370. The van der Waals surface area contributed by atoms with E-state index in [1.165, 1.54) is 34.9 Å². The van der Waals surface area contributed by atoms with Gasteiger partial charge in [-0.2, -0.15) is 17.4 Å². The first-order valence-corrected chi connectivity index (χ1v) is 15.1. The van der Waals surface area contributed by atoms with Crippen molar-refractivity contribution in [1.82, 2.24) is 13.7 Å². The number of hydrogen-bond donors (Lipinski definition) is 2. The van der Waals surface area contributed by atoms with Crippen LogP contribution >= 0.6 is 11.3 Å². The van der Waals surface area contributed by atoms with Crippen LogP contribution in [-0.4, -0.2) is 47.9 Å². The second-order valence-corrected chi connectivity index (χ2v) is 13.0. The fraction of sp³-hybridized carbons (Fsp3) is 0.333. The number of benzene rings is 2. The summed E-state index contributed by atoms with van der Waals surface area (Å²) in [5.74, 6) is 0.0842. The first-order chi connectivity index (χ1) is 17.2. The highest BCUT2D eigenvalue weighted by molar-refractivity contribution is 7.89. The molecular formula is C24H28FN3O5S3. The van der Waals surface area contributed by atoms with Gasteiger partial charge < -0.3 is 4.74 Å². The molecule has 8 nitrogen and oxygen atoms in total. The second kappa shape index (κ2) is 11.0. The highest BCUT2D eigenvalue weighted by Gasteiger charge is 2.41. The van der Waals surface area contributed by atoms with Crippen LogP contribution in [0.3, 0.4) is 0 Å². The lowest BCUT2D eigenvalue weighted by molar-refractivity contribution is 0.236. The average molecular weight is 554 g/mol. The predicted octanol–water partition coefficient (Wildman–Crippen LogP) is 3.24. The molecule has 1 aliphatic heterocycles. The fourth-order valence-electron chi connectivity index (χ4n) is 4.31. The fourth-order valence-corrected chi connectivity index (χ4v) is 7.65. The van der Waals surface area contributed by atoms with Crippen molar-refractivity contribution >= 4 is 31.6 Å². The van der Waals surface area contributed by atoms with Gasteiger partial charge in [-0.25, -0.2) is 17.5 Å². The number of hydrogen-bond acceptors (Lipinski definition) is 6. The van der Waals surface area contributed by atoms with E-state index in [9.17, 15) is 21.2 Å². The van der Waals surface area contributed by atoms with E-state index in [4.69, 9.17) is 4.74 Å². The normalized spacial score (nSPS) is 16.6. The quantitative estimate of drug-likeness (QED) is 0.401. The number of thiophene rings is 1. The number of methoxy groups -OCH3 is 1. The molecule has 0 spiro atoms. The van der Waals surface area contributed by atoms with Gasteiger partial charge in [-0.15, -0.1) is 11.3 Å². The molecule has 36 heavy (non-hydrogen) atoms. The minimum absolute atomic E-state index is 0.0359. The van der Waals surface area contributed by atoms with Gasteiger partial charge in [0.2, 0.25) is 10.0 Å². The Hall–Kier alpha value is -2.35. The van der Waals surface area contributed by atoms with Crippen LogP contribution in [0.4, 0.5) is 4.39 Å². The zero-order valence-electron chi connectivity index (χ0n) is 19.7. The predicted molar refractivity (Wildman–Crippen MR) is 137 cm³/mol. The second-order valence-electron chi connectivity index (χ2n) is 8.57. The largest absolute Gasteiger partial charge is 0.496 e. The summed E-state index contributed by atoms with van der Waals surface area (Å²) in [5.41, 5.74) is 0.153. The molecule has 1 fully saturated rings. The van der Waals surface area contributed by atoms with Crippen molar-refractivity contribution in [3.05, 3.63) is 82.3 Å². The molecule has 1 aromatic heterocycles. The molecule has 12 heteroatoms. The van der Waals surface area contributed by atoms with Crippen molar-refractivity contribution in [3.63, 3.8) is 0 Å². The third-order valence-corrected chi connectivity index (χ3v) is 10.5. The van der Waals surface area contributed by atoms with E-state index >= 15 is 0 Å². The van der Waals surface area contributed by atoms with E-state index in [1.807, 2.05) is 23.6 Å². The van der Waals surface area contributed by atoms with Gasteiger partial charge in [-0.05, 0) is 54.6 Å². The van der Waals surface area contributed by atoms with Crippen LogP contribution < -0.4 is 14.2 Å². The molecule has 0 atom stereocenters. The smallest absolute Gasteiger partial charge is 0.277 e. The van der Waals surface area contributed by atoms with Gasteiger partial charge in [0.25, 0.3) is 10.2 Å². The van der Waals surface area contributed by atoms with Crippen LogP contribution in [-0.2, 0) is 32.2 Å². The first-order valence-electron chi connectivity index (χ1n) is 11.3. The van der Waals surface area contributed by atoms with Crippen molar-refractivity contribution in [2.45, 2.75) is 29.7 Å². The molecule has 0 amide bonds. The van der Waals surface area contributed by atoms with Crippen LogP contribution in [0.25, 0.3) is 0 Å². The number of rotatable bonds is 10. The Kier molecular flexibility index (Phi) is 8.12. The van der Waals surface area contributed by atoms with Crippen molar-refractivity contribution < 1.29 is 26.0 Å². The molecule has 2 aromatic carbocycles. The summed E-state index contributed by atoms with van der Waals surface area (Å²) in [7, 11) is -6.09. The summed E-state index contributed by atoms with van der Waals surface area (Å²) in [4.78, 5) is 1.03. The monoisotopic (exact) mass is 553 g/mol. The Morgan fingerprint density at radius 2 is 1.67 bits per heavy atom. The molecular weight excluding hydrogens is 525 g/mol. The third kappa shape index (κ3) is 5.96. The molecule has 194 valence electrons. The third-order valence-electron chi connectivity index (χ3n) is 6.42. The van der Waals surface area contributed by atoms with Gasteiger partial charge in [0.05, 0.1) is 12.0 Å². The van der Waals surface area contributed by atoms with Crippen LogP contribution in [0.1, 0.15) is 23.3 Å². The molecule has 0 unspecified atom stereocenters. The van der Waals surface area contributed by atoms with Crippen molar-refractivity contribution in [2.24, 2.45) is 0 Å². The molecule has 0 radical (unpaired) electrons. The lowest BCUT2D eigenvalue weighted by Gasteiger charge is -2.41. The number of piperidine rings is 1. The van der Waals surface area contributed by atoms with Crippen LogP contribution in [0.5, 0.6) is 5.75 Å². The maximum absolute atomic E-state index is 13.3. The highest BCUT2D eigenvalue weighted by atomic mass is 32.2. The Labute approximate surface area is 215 Å². The topological polar surface area (TPSA) is 105 Å². The standard InChI is InChI=1S/C24H28FN3O5S3/c1-33-22-6-3-2-5-19(22)17-26-36(31,32)27-18-24(23-7-4-16-34-23)12-14-28(15-13-24)35(29,30)21-10-8-20(25)9-11-21/h2-11,16,26-27H,12-15,17-18H2,1H3. The minimum Gasteiger partial charge on any atom is -0.496 e. The number of halogens is 1. The molecule has 0 bridgehead atoms. The number of sulfonamides is 1. The van der Waals surface area contributed by atoms with E-state index in [0.717, 1.165) is 17.0 Å². The zero-order chi connectivity index (χ0) is 25.8.